The molecule has 0 spiro atoms. The Hall–Kier alpha value is -1.79. The fourth-order valence-electron chi connectivity index (χ4n) is 2.41. The van der Waals surface area contributed by atoms with Crippen LogP contribution in [0.1, 0.15) is 5.56 Å². The summed E-state index contributed by atoms with van der Waals surface area (Å²) in [6.07, 6.45) is 0.0949. The Morgan fingerprint density at radius 2 is 2.40 bits per heavy atom. The van der Waals surface area contributed by atoms with E-state index in [1.807, 2.05) is 18.2 Å². The predicted molar refractivity (Wildman–Crippen MR) is 73.0 cm³/mol. The van der Waals surface area contributed by atoms with Crippen molar-refractivity contribution in [2.75, 3.05) is 40.0 Å². The van der Waals surface area contributed by atoms with Crippen molar-refractivity contribution in [3.05, 3.63) is 23.8 Å². The molecule has 6 heteroatoms. The van der Waals surface area contributed by atoms with Crippen LogP contribution in [0.5, 0.6) is 11.5 Å². The number of oxime groups is 1. The van der Waals surface area contributed by atoms with Crippen LogP contribution in [0.25, 0.3) is 0 Å². The van der Waals surface area contributed by atoms with Crippen molar-refractivity contribution < 1.29 is 19.4 Å². The van der Waals surface area contributed by atoms with Crippen molar-refractivity contribution in [2.24, 2.45) is 5.16 Å². The number of fused-ring (bicyclic) bond motifs is 1. The average molecular weight is 278 g/mol. The lowest BCUT2D eigenvalue weighted by Gasteiger charge is -2.29. The molecule has 0 aromatic heterocycles. The molecule has 0 aliphatic carbocycles. The Morgan fingerprint density at radius 1 is 1.50 bits per heavy atom. The van der Waals surface area contributed by atoms with E-state index in [1.165, 1.54) is 0 Å². The maximum absolute atomic E-state index is 8.84. The molecule has 1 aromatic rings. The van der Waals surface area contributed by atoms with E-state index in [4.69, 9.17) is 19.4 Å². The van der Waals surface area contributed by atoms with E-state index in [1.54, 1.807) is 0 Å². The molecule has 3 rings (SSSR count). The van der Waals surface area contributed by atoms with Gasteiger partial charge < -0.3 is 24.3 Å². The molecular formula is C14H18N2O4. The van der Waals surface area contributed by atoms with E-state index in [-0.39, 0.29) is 6.10 Å². The molecule has 0 saturated carbocycles. The molecule has 0 bridgehead atoms. The second kappa shape index (κ2) is 5.68. The second-order valence-corrected chi connectivity index (χ2v) is 5.06. The van der Waals surface area contributed by atoms with E-state index in [2.05, 4.69) is 17.1 Å². The van der Waals surface area contributed by atoms with Gasteiger partial charge in [-0.3, -0.25) is 0 Å². The number of ether oxygens (including phenoxy) is 3. The van der Waals surface area contributed by atoms with Crippen molar-refractivity contribution >= 4 is 5.71 Å². The molecule has 1 atom stereocenters. The molecule has 20 heavy (non-hydrogen) atoms. The van der Waals surface area contributed by atoms with Crippen LogP contribution in [0.2, 0.25) is 0 Å². The molecule has 2 aliphatic rings. The minimum absolute atomic E-state index is 0.0949. The molecule has 1 fully saturated rings. The summed E-state index contributed by atoms with van der Waals surface area (Å²) < 4.78 is 16.8. The molecule has 108 valence electrons. The summed E-state index contributed by atoms with van der Waals surface area (Å²) in [6.45, 7) is 3.40. The quantitative estimate of drug-likeness (QED) is 0.659. The molecule has 1 unspecified atom stereocenters. The highest BCUT2D eigenvalue weighted by Gasteiger charge is 2.21. The van der Waals surface area contributed by atoms with E-state index >= 15 is 0 Å². The van der Waals surface area contributed by atoms with Gasteiger partial charge in [0.15, 0.2) is 0 Å². The third kappa shape index (κ3) is 2.71. The largest absolute Gasteiger partial charge is 0.491 e. The van der Waals surface area contributed by atoms with E-state index in [9.17, 15) is 0 Å². The van der Waals surface area contributed by atoms with Crippen LogP contribution >= 0.6 is 0 Å². The van der Waals surface area contributed by atoms with Crippen LogP contribution in [0, 0.1) is 0 Å². The number of hydrogen-bond donors (Lipinski definition) is 1. The number of benzene rings is 1. The summed E-state index contributed by atoms with van der Waals surface area (Å²) in [5.41, 5.74) is 1.36. The first-order valence-corrected chi connectivity index (χ1v) is 6.67. The Balaban J connectivity index is 1.61. The fraction of sp³-hybridized carbons (Fsp3) is 0.500. The summed E-state index contributed by atoms with van der Waals surface area (Å²) in [5.74, 6) is 1.43. The van der Waals surface area contributed by atoms with E-state index in [0.717, 1.165) is 31.0 Å². The van der Waals surface area contributed by atoms with Gasteiger partial charge in [0.1, 0.15) is 36.5 Å². The normalized spacial score (nSPS) is 24.4. The molecule has 2 aliphatic heterocycles. The van der Waals surface area contributed by atoms with Crippen LogP contribution in [0.15, 0.2) is 23.4 Å². The van der Waals surface area contributed by atoms with Gasteiger partial charge in [-0.15, -0.1) is 0 Å². The highest BCUT2D eigenvalue weighted by molar-refractivity contribution is 6.05. The minimum atomic E-state index is 0.0949. The van der Waals surface area contributed by atoms with Crippen LogP contribution in [-0.2, 0) is 4.74 Å². The maximum atomic E-state index is 8.84. The molecule has 2 heterocycles. The Morgan fingerprint density at radius 3 is 3.20 bits per heavy atom. The lowest BCUT2D eigenvalue weighted by atomic mass is 10.1. The molecule has 1 saturated heterocycles. The number of likely N-dealkylation sites (N-methyl/N-ethyl adjacent to an activating group) is 1. The van der Waals surface area contributed by atoms with Gasteiger partial charge >= 0.3 is 0 Å². The first-order chi connectivity index (χ1) is 9.76. The van der Waals surface area contributed by atoms with Gasteiger partial charge in [0.2, 0.25) is 0 Å². The topological polar surface area (TPSA) is 63.5 Å². The van der Waals surface area contributed by atoms with Gasteiger partial charge in [-0.25, -0.2) is 0 Å². The molecule has 1 aromatic carbocycles. The van der Waals surface area contributed by atoms with Gasteiger partial charge in [-0.05, 0) is 19.2 Å². The maximum Gasteiger partial charge on any atom is 0.134 e. The van der Waals surface area contributed by atoms with Gasteiger partial charge in [-0.2, -0.15) is 0 Å². The number of nitrogens with zero attached hydrogens (tertiary/aromatic N) is 2. The summed E-state index contributed by atoms with van der Waals surface area (Å²) in [6, 6.07) is 5.52. The third-order valence-electron chi connectivity index (χ3n) is 3.53. The van der Waals surface area contributed by atoms with Gasteiger partial charge in [0.05, 0.1) is 6.61 Å². The highest BCUT2D eigenvalue weighted by atomic mass is 16.5. The Labute approximate surface area is 117 Å². The molecule has 0 amide bonds. The SMILES string of the molecule is CN1CCOC(COc2ccc3c(c2)OCC3=NO)C1. The summed E-state index contributed by atoms with van der Waals surface area (Å²) >= 11 is 0. The smallest absolute Gasteiger partial charge is 0.134 e. The number of morpholine rings is 1. The van der Waals surface area contributed by atoms with Crippen molar-refractivity contribution in [2.45, 2.75) is 6.10 Å². The first kappa shape index (κ1) is 13.2. The first-order valence-electron chi connectivity index (χ1n) is 6.67. The molecule has 0 radical (unpaired) electrons. The Kier molecular flexibility index (Phi) is 3.75. The van der Waals surface area contributed by atoms with E-state index < -0.39 is 0 Å². The zero-order valence-corrected chi connectivity index (χ0v) is 11.4. The summed E-state index contributed by atoms with van der Waals surface area (Å²) in [4.78, 5) is 2.23. The average Bonchev–Trinajstić information content (AvgIpc) is 2.87. The molecule has 1 N–H and O–H groups in total. The standard InChI is InChI=1S/C14H18N2O4/c1-16-4-5-18-11(7-16)8-19-10-2-3-12-13(15-17)9-20-14(12)6-10/h2-3,6,11,17H,4-5,7-9H2,1H3. The monoisotopic (exact) mass is 278 g/mol. The number of hydrogen-bond acceptors (Lipinski definition) is 6. The second-order valence-electron chi connectivity index (χ2n) is 5.06. The van der Waals surface area contributed by atoms with Crippen LogP contribution in [-0.4, -0.2) is 61.9 Å². The minimum Gasteiger partial charge on any atom is -0.491 e. The lowest BCUT2D eigenvalue weighted by molar-refractivity contribution is -0.0403. The van der Waals surface area contributed by atoms with Crippen molar-refractivity contribution in [3.8, 4) is 11.5 Å². The van der Waals surface area contributed by atoms with Crippen LogP contribution in [0.3, 0.4) is 0 Å². The highest BCUT2D eigenvalue weighted by Crippen LogP contribution is 2.30. The number of rotatable bonds is 3. The zero-order valence-electron chi connectivity index (χ0n) is 11.4. The van der Waals surface area contributed by atoms with Gasteiger partial charge in [0, 0.05) is 24.7 Å². The molecule has 6 nitrogen and oxygen atoms in total. The predicted octanol–water partition coefficient (Wildman–Crippen LogP) is 0.967. The molecular weight excluding hydrogens is 260 g/mol. The van der Waals surface area contributed by atoms with Crippen molar-refractivity contribution in [3.63, 3.8) is 0 Å². The zero-order chi connectivity index (χ0) is 13.9. The van der Waals surface area contributed by atoms with Crippen molar-refractivity contribution in [1.29, 1.82) is 0 Å². The van der Waals surface area contributed by atoms with Crippen molar-refractivity contribution in [1.82, 2.24) is 4.90 Å². The summed E-state index contributed by atoms with van der Waals surface area (Å²) in [7, 11) is 2.08. The van der Waals surface area contributed by atoms with Crippen LogP contribution < -0.4 is 9.47 Å². The van der Waals surface area contributed by atoms with Crippen LogP contribution in [0.4, 0.5) is 0 Å². The van der Waals surface area contributed by atoms with E-state index in [0.29, 0.717) is 24.7 Å². The van der Waals surface area contributed by atoms with Gasteiger partial charge in [-0.1, -0.05) is 5.16 Å². The summed E-state index contributed by atoms with van der Waals surface area (Å²) in [5, 5.41) is 12.0. The fourth-order valence-corrected chi connectivity index (χ4v) is 2.41. The Bertz CT molecular complexity index is 518. The lowest BCUT2D eigenvalue weighted by Crippen LogP contribution is -2.42. The third-order valence-corrected chi connectivity index (χ3v) is 3.53. The van der Waals surface area contributed by atoms with Gasteiger partial charge in [0.25, 0.3) is 0 Å².